The Labute approximate surface area is 44.3 Å². The normalized spacial score (nSPS) is 0. The summed E-state index contributed by atoms with van der Waals surface area (Å²) in [5.41, 5.74) is 0. The second-order valence-corrected chi connectivity index (χ2v) is 0. The summed E-state index contributed by atoms with van der Waals surface area (Å²) in [6, 6.07) is 0. The van der Waals surface area contributed by atoms with Gasteiger partial charge in [0.25, 0.3) is 0 Å². The van der Waals surface area contributed by atoms with Crippen LogP contribution in [0, 0.1) is 0 Å². The van der Waals surface area contributed by atoms with Crippen molar-refractivity contribution in [2.24, 2.45) is 0 Å². The molecule has 0 saturated carbocycles. The number of hydrogen-bond donors (Lipinski definition) is 0. The van der Waals surface area contributed by atoms with Crippen LogP contribution in [0.25, 0.3) is 0 Å². The quantitative estimate of drug-likeness (QED) is 0.346. The van der Waals surface area contributed by atoms with Gasteiger partial charge >= 0.3 is 0 Å². The van der Waals surface area contributed by atoms with Crippen LogP contribution >= 0.6 is 0 Å². The Hall–Kier alpha value is 0.276. The Morgan fingerprint density at radius 3 is 0.500 bits per heavy atom. The molecule has 0 saturated heterocycles. The molecule has 0 spiro atoms. The third-order valence-electron chi connectivity index (χ3n) is 0. The van der Waals surface area contributed by atoms with Crippen LogP contribution in [0.5, 0.6) is 0 Å². The molecule has 49 valence electrons. The van der Waals surface area contributed by atoms with Gasteiger partial charge < -0.3 is 21.9 Å². The maximum Gasteiger partial charge on any atom is 0 e. The van der Waals surface area contributed by atoms with Gasteiger partial charge in [-0.2, -0.15) is 0 Å². The van der Waals surface area contributed by atoms with Gasteiger partial charge in [0.2, 0.25) is 0 Å². The van der Waals surface area contributed by atoms with Gasteiger partial charge in [-0.05, 0) is 0 Å². The monoisotopic (exact) mass is 151 g/mol. The fourth-order valence-corrected chi connectivity index (χ4v) is 0. The summed E-state index contributed by atoms with van der Waals surface area (Å²) in [6.07, 6.45) is 0. The van der Waals surface area contributed by atoms with Gasteiger partial charge in [0.1, 0.15) is 0 Å². The first-order valence-electron chi connectivity index (χ1n) is 0. The van der Waals surface area contributed by atoms with Gasteiger partial charge in [-0.3, -0.25) is 4.70 Å². The Morgan fingerprint density at radius 2 is 0.500 bits per heavy atom. The van der Waals surface area contributed by atoms with Crippen molar-refractivity contribution in [3.8, 4) is 0 Å². The van der Waals surface area contributed by atoms with Crippen LogP contribution in [0.3, 0.4) is 0 Å². The largest absolute Gasteiger partial charge is 0.412 e. The van der Waals surface area contributed by atoms with Crippen LogP contribution in [0.15, 0.2) is 0 Å². The van der Waals surface area contributed by atoms with E-state index in [1.54, 1.807) is 0 Å². The molecular weight excluding hydrogens is 142 g/mol. The molecule has 0 atom stereocenters. The molecule has 0 unspecified atom stereocenters. The summed E-state index contributed by atoms with van der Waals surface area (Å²) in [4.78, 5) is 0. The molecule has 0 aromatic carbocycles. The van der Waals surface area contributed by atoms with Gasteiger partial charge in [-0.1, -0.05) is 0 Å². The molecule has 0 aromatic rings. The molecule has 8 N–H and O–H groups in total. The van der Waals surface area contributed by atoms with Crippen molar-refractivity contribution in [2.75, 3.05) is 0 Å². The summed E-state index contributed by atoms with van der Waals surface area (Å²) < 4.78 is 0. The maximum atomic E-state index is 0. The summed E-state index contributed by atoms with van der Waals surface area (Å²) in [7, 11) is 0. The van der Waals surface area contributed by atoms with E-state index in [0.717, 1.165) is 0 Å². The van der Waals surface area contributed by atoms with E-state index in [1.807, 2.05) is 0 Å². The van der Waals surface area contributed by atoms with Gasteiger partial charge in [0.05, 0.1) is 0 Å². The number of hydrogen-bond acceptors (Lipinski definition) is 0. The van der Waals surface area contributed by atoms with Crippen molar-refractivity contribution in [3.63, 3.8) is 0 Å². The van der Waals surface area contributed by atoms with Crippen LogP contribution in [-0.4, -0.2) is 21.9 Å². The summed E-state index contributed by atoms with van der Waals surface area (Å²) in [5.74, 6) is 0. The van der Waals surface area contributed by atoms with E-state index in [1.165, 1.54) is 0 Å². The fourth-order valence-electron chi connectivity index (χ4n) is 0. The van der Waals surface area contributed by atoms with Crippen molar-refractivity contribution in [2.45, 2.75) is 0 Å². The Morgan fingerprint density at radius 1 is 0.500 bits per heavy atom. The minimum absolute atomic E-state index is 0. The zero-order valence-corrected chi connectivity index (χ0v) is 3.78. The van der Waals surface area contributed by atoms with Crippen LogP contribution < -0.4 is 0 Å². The van der Waals surface area contributed by atoms with Crippen molar-refractivity contribution >= 4 is 0 Å². The molecule has 1 radical (unpaired) electrons. The van der Waals surface area contributed by atoms with E-state index >= 15 is 0 Å². The van der Waals surface area contributed by atoms with E-state index < -0.39 is 0 Å². The standard InChI is InChI=1S/Co.FH.4H2O/h;1H;4*1H2. The Kier molecular flexibility index (Phi) is 481000. The first-order valence-corrected chi connectivity index (χ1v) is 0. The minimum atomic E-state index is 0. The SMILES string of the molecule is F.O.O.O.O.[Co]. The smallest absolute Gasteiger partial charge is 0 e. The third kappa shape index (κ3) is 601. The van der Waals surface area contributed by atoms with Gasteiger partial charge in [0, 0.05) is 16.8 Å². The molecule has 0 aliphatic heterocycles. The van der Waals surface area contributed by atoms with Crippen molar-refractivity contribution in [3.05, 3.63) is 0 Å². The molecule has 0 fully saturated rings. The van der Waals surface area contributed by atoms with Gasteiger partial charge in [0.15, 0.2) is 0 Å². The zero-order chi connectivity index (χ0) is 0. The second kappa shape index (κ2) is 1260. The van der Waals surface area contributed by atoms with E-state index in [4.69, 9.17) is 0 Å². The zero-order valence-electron chi connectivity index (χ0n) is 2.74. The first kappa shape index (κ1) is 2290. The molecule has 0 bridgehead atoms. The van der Waals surface area contributed by atoms with Crippen molar-refractivity contribution in [1.82, 2.24) is 0 Å². The average molecular weight is 151 g/mol. The average Bonchev–Trinajstić information content (AvgIpc) is 0. The first-order chi connectivity index (χ1) is 0. The fraction of sp³-hybridized carbons (Fsp3) is 0. The van der Waals surface area contributed by atoms with Crippen molar-refractivity contribution in [1.29, 1.82) is 0 Å². The van der Waals surface area contributed by atoms with E-state index in [9.17, 15) is 0 Å². The molecule has 6 heavy (non-hydrogen) atoms. The summed E-state index contributed by atoms with van der Waals surface area (Å²) >= 11 is 0. The third-order valence-corrected chi connectivity index (χ3v) is 0. The molecule has 4 nitrogen and oxygen atoms in total. The maximum absolute atomic E-state index is 0. The number of rotatable bonds is 0. The summed E-state index contributed by atoms with van der Waals surface area (Å²) in [5, 5.41) is 0. The van der Waals surface area contributed by atoms with Crippen LogP contribution in [0.4, 0.5) is 4.70 Å². The van der Waals surface area contributed by atoms with Crippen LogP contribution in [-0.2, 0) is 16.8 Å². The second-order valence-electron chi connectivity index (χ2n) is 0. The molecule has 0 aliphatic carbocycles. The summed E-state index contributed by atoms with van der Waals surface area (Å²) in [6.45, 7) is 0. The van der Waals surface area contributed by atoms with Gasteiger partial charge in [-0.25, -0.2) is 0 Å². The molecular formula is H9CoFO4. The van der Waals surface area contributed by atoms with Crippen molar-refractivity contribution < 1.29 is 43.4 Å². The molecule has 0 aliphatic rings. The Bertz CT molecular complexity index is 7.51. The molecule has 0 amide bonds. The van der Waals surface area contributed by atoms with E-state index in [2.05, 4.69) is 0 Å². The number of halogens is 1. The molecule has 0 heterocycles. The van der Waals surface area contributed by atoms with Gasteiger partial charge in [-0.15, -0.1) is 0 Å². The predicted octanol–water partition coefficient (Wildman–Crippen LogP) is -3.15. The topological polar surface area (TPSA) is 126 Å². The Balaban J connectivity index is 0. The van der Waals surface area contributed by atoms with Crippen LogP contribution in [0.1, 0.15) is 0 Å². The minimum Gasteiger partial charge on any atom is -0.412 e. The predicted molar refractivity (Wildman–Crippen MR) is 17.0 cm³/mol. The van der Waals surface area contributed by atoms with Crippen LogP contribution in [0.2, 0.25) is 0 Å². The molecule has 0 rings (SSSR count). The molecule has 6 heteroatoms. The van der Waals surface area contributed by atoms with E-state index in [0.29, 0.717) is 0 Å². The van der Waals surface area contributed by atoms with E-state index in [-0.39, 0.29) is 43.4 Å². The molecule has 0 aromatic heterocycles.